The summed E-state index contributed by atoms with van der Waals surface area (Å²) in [5.74, 6) is -1.45. The molecule has 2 rings (SSSR count). The lowest BCUT2D eigenvalue weighted by atomic mass is 10.0. The van der Waals surface area contributed by atoms with Crippen LogP contribution in [0.4, 0.5) is 0 Å². The standard InChI is InChI=1S/C15H20N4O4/c1-3-4-11(15(21)22)7-16-14(20)13-5-12(23-18-13)9-19-8-10(2)6-17-19/h5-6,8,11H,3-4,7,9H2,1-2H3,(H,16,20)(H,21,22). The molecule has 0 bridgehead atoms. The van der Waals surface area contributed by atoms with Gasteiger partial charge in [-0.05, 0) is 18.9 Å². The second kappa shape index (κ2) is 7.57. The van der Waals surface area contributed by atoms with Crippen molar-refractivity contribution >= 4 is 11.9 Å². The van der Waals surface area contributed by atoms with E-state index < -0.39 is 17.8 Å². The fourth-order valence-electron chi connectivity index (χ4n) is 2.18. The molecule has 8 heteroatoms. The van der Waals surface area contributed by atoms with Gasteiger partial charge in [-0.1, -0.05) is 18.5 Å². The van der Waals surface area contributed by atoms with Gasteiger partial charge in [-0.25, -0.2) is 0 Å². The van der Waals surface area contributed by atoms with Gasteiger partial charge in [0.15, 0.2) is 11.5 Å². The summed E-state index contributed by atoms with van der Waals surface area (Å²) < 4.78 is 6.79. The molecule has 0 fully saturated rings. The van der Waals surface area contributed by atoms with Gasteiger partial charge >= 0.3 is 5.97 Å². The van der Waals surface area contributed by atoms with Crippen molar-refractivity contribution in [3.63, 3.8) is 0 Å². The van der Waals surface area contributed by atoms with Crippen LogP contribution in [0.3, 0.4) is 0 Å². The quantitative estimate of drug-likeness (QED) is 0.762. The number of carboxylic acids is 1. The molecule has 2 aromatic heterocycles. The lowest BCUT2D eigenvalue weighted by Gasteiger charge is -2.11. The number of amides is 1. The van der Waals surface area contributed by atoms with Crippen LogP contribution in [0.1, 0.15) is 41.6 Å². The Morgan fingerprint density at radius 2 is 2.26 bits per heavy atom. The van der Waals surface area contributed by atoms with Crippen molar-refractivity contribution in [1.82, 2.24) is 20.3 Å². The van der Waals surface area contributed by atoms with Gasteiger partial charge in [0.25, 0.3) is 5.91 Å². The molecule has 23 heavy (non-hydrogen) atoms. The van der Waals surface area contributed by atoms with E-state index >= 15 is 0 Å². The van der Waals surface area contributed by atoms with Crippen LogP contribution >= 0.6 is 0 Å². The summed E-state index contributed by atoms with van der Waals surface area (Å²) in [6.07, 6.45) is 4.83. The van der Waals surface area contributed by atoms with Gasteiger partial charge in [-0.3, -0.25) is 14.3 Å². The number of carbonyl (C=O) groups excluding carboxylic acids is 1. The molecule has 0 aliphatic carbocycles. The molecular weight excluding hydrogens is 300 g/mol. The zero-order chi connectivity index (χ0) is 16.8. The van der Waals surface area contributed by atoms with Crippen LogP contribution in [0, 0.1) is 12.8 Å². The van der Waals surface area contributed by atoms with E-state index in [1.165, 1.54) is 6.07 Å². The minimum absolute atomic E-state index is 0.0720. The van der Waals surface area contributed by atoms with Gasteiger partial charge in [0.05, 0.1) is 12.1 Å². The minimum atomic E-state index is -0.915. The number of nitrogens with zero attached hydrogens (tertiary/aromatic N) is 3. The second-order valence-electron chi connectivity index (χ2n) is 5.43. The lowest BCUT2D eigenvalue weighted by molar-refractivity contribution is -0.141. The maximum absolute atomic E-state index is 12.0. The Morgan fingerprint density at radius 1 is 1.48 bits per heavy atom. The molecule has 0 aliphatic heterocycles. The van der Waals surface area contributed by atoms with E-state index in [1.807, 2.05) is 20.0 Å². The predicted molar refractivity (Wildman–Crippen MR) is 80.9 cm³/mol. The first-order valence-electron chi connectivity index (χ1n) is 7.45. The maximum Gasteiger partial charge on any atom is 0.308 e. The molecule has 1 atom stereocenters. The van der Waals surface area contributed by atoms with Crippen LogP contribution < -0.4 is 5.32 Å². The summed E-state index contributed by atoms with van der Waals surface area (Å²) >= 11 is 0. The van der Waals surface area contributed by atoms with Crippen LogP contribution in [-0.2, 0) is 11.3 Å². The van der Waals surface area contributed by atoms with Gasteiger partial charge in [-0.2, -0.15) is 5.10 Å². The number of nitrogens with one attached hydrogen (secondary N) is 1. The van der Waals surface area contributed by atoms with E-state index in [1.54, 1.807) is 10.9 Å². The molecule has 2 aromatic rings. The Bertz CT molecular complexity index is 677. The van der Waals surface area contributed by atoms with Crippen LogP contribution in [0.25, 0.3) is 0 Å². The molecule has 0 saturated heterocycles. The molecule has 1 amide bonds. The van der Waals surface area contributed by atoms with Gasteiger partial charge in [0.2, 0.25) is 0 Å². The fourth-order valence-corrected chi connectivity index (χ4v) is 2.18. The zero-order valence-electron chi connectivity index (χ0n) is 13.2. The van der Waals surface area contributed by atoms with Gasteiger partial charge in [0.1, 0.15) is 6.54 Å². The lowest BCUT2D eigenvalue weighted by Crippen LogP contribution is -2.33. The Balaban J connectivity index is 1.91. The zero-order valence-corrected chi connectivity index (χ0v) is 13.2. The number of carbonyl (C=O) groups is 2. The molecular formula is C15H20N4O4. The molecule has 0 radical (unpaired) electrons. The Hall–Kier alpha value is -2.64. The average Bonchev–Trinajstić information content (AvgIpc) is 3.12. The molecule has 1 unspecified atom stereocenters. The molecule has 2 heterocycles. The number of hydrogen-bond acceptors (Lipinski definition) is 5. The van der Waals surface area contributed by atoms with E-state index in [0.29, 0.717) is 18.7 Å². The largest absolute Gasteiger partial charge is 0.481 e. The molecule has 0 aliphatic rings. The van der Waals surface area contributed by atoms with Gasteiger partial charge < -0.3 is 14.9 Å². The van der Waals surface area contributed by atoms with Crippen LogP contribution in [0.2, 0.25) is 0 Å². The topological polar surface area (TPSA) is 110 Å². The predicted octanol–water partition coefficient (Wildman–Crippen LogP) is 1.46. The molecule has 124 valence electrons. The third-order valence-electron chi connectivity index (χ3n) is 3.37. The van der Waals surface area contributed by atoms with Crippen molar-refractivity contribution < 1.29 is 19.2 Å². The highest BCUT2D eigenvalue weighted by molar-refractivity contribution is 5.92. The Labute approximate surface area is 133 Å². The first kappa shape index (κ1) is 16.7. The maximum atomic E-state index is 12.0. The highest BCUT2D eigenvalue weighted by atomic mass is 16.5. The number of rotatable bonds is 8. The normalized spacial score (nSPS) is 12.1. The highest BCUT2D eigenvalue weighted by Gasteiger charge is 2.19. The summed E-state index contributed by atoms with van der Waals surface area (Å²) in [6, 6.07) is 1.53. The molecule has 0 spiro atoms. The van der Waals surface area contributed by atoms with E-state index in [2.05, 4.69) is 15.6 Å². The van der Waals surface area contributed by atoms with E-state index in [-0.39, 0.29) is 12.2 Å². The fraction of sp³-hybridized carbons (Fsp3) is 0.467. The van der Waals surface area contributed by atoms with E-state index in [9.17, 15) is 9.59 Å². The second-order valence-corrected chi connectivity index (χ2v) is 5.43. The summed E-state index contributed by atoms with van der Waals surface area (Å²) in [7, 11) is 0. The summed E-state index contributed by atoms with van der Waals surface area (Å²) in [5.41, 5.74) is 1.16. The van der Waals surface area contributed by atoms with Gasteiger partial charge in [-0.15, -0.1) is 0 Å². The molecule has 2 N–H and O–H groups in total. The highest BCUT2D eigenvalue weighted by Crippen LogP contribution is 2.08. The minimum Gasteiger partial charge on any atom is -0.481 e. The summed E-state index contributed by atoms with van der Waals surface area (Å²) in [5, 5.41) is 19.5. The first-order valence-corrected chi connectivity index (χ1v) is 7.45. The van der Waals surface area contributed by atoms with Crippen molar-refractivity contribution in [2.24, 2.45) is 5.92 Å². The van der Waals surface area contributed by atoms with Crippen LogP contribution in [-0.4, -0.2) is 38.5 Å². The molecule has 8 nitrogen and oxygen atoms in total. The number of aliphatic carboxylic acids is 1. The first-order chi connectivity index (χ1) is 11.0. The SMILES string of the molecule is CCCC(CNC(=O)c1cc(Cn2cc(C)cn2)on1)C(=O)O. The number of hydrogen-bond donors (Lipinski definition) is 2. The monoisotopic (exact) mass is 320 g/mol. The van der Waals surface area contributed by atoms with Crippen molar-refractivity contribution in [2.45, 2.75) is 33.2 Å². The van der Waals surface area contributed by atoms with Crippen molar-refractivity contribution in [3.8, 4) is 0 Å². The Morgan fingerprint density at radius 3 is 2.87 bits per heavy atom. The third kappa shape index (κ3) is 4.67. The third-order valence-corrected chi connectivity index (χ3v) is 3.37. The van der Waals surface area contributed by atoms with Crippen molar-refractivity contribution in [2.75, 3.05) is 6.54 Å². The number of aromatic nitrogens is 3. The summed E-state index contributed by atoms with van der Waals surface area (Å²) in [4.78, 5) is 23.0. The van der Waals surface area contributed by atoms with Gasteiger partial charge in [0, 0.05) is 18.8 Å². The molecule has 0 saturated carbocycles. The molecule has 0 aromatic carbocycles. The van der Waals surface area contributed by atoms with Crippen LogP contribution in [0.15, 0.2) is 23.0 Å². The van der Waals surface area contributed by atoms with E-state index in [4.69, 9.17) is 9.63 Å². The van der Waals surface area contributed by atoms with E-state index in [0.717, 1.165) is 12.0 Å². The average molecular weight is 320 g/mol. The summed E-state index contributed by atoms with van der Waals surface area (Å²) in [6.45, 7) is 4.28. The smallest absolute Gasteiger partial charge is 0.308 e. The van der Waals surface area contributed by atoms with Crippen molar-refractivity contribution in [1.29, 1.82) is 0 Å². The van der Waals surface area contributed by atoms with Crippen molar-refractivity contribution in [3.05, 3.63) is 35.5 Å². The number of aryl methyl sites for hydroxylation is 1. The number of carboxylic acid groups (broad SMARTS) is 1. The Kier molecular flexibility index (Phi) is 5.51. The van der Waals surface area contributed by atoms with Crippen LogP contribution in [0.5, 0.6) is 0 Å².